The number of halogens is 1. The molecule has 1 aromatic heterocycles. The quantitative estimate of drug-likeness (QED) is 0.700. The highest BCUT2D eigenvalue weighted by atomic mass is 79.9. The molecule has 0 aliphatic rings. The molecule has 0 saturated carbocycles. The molecule has 1 heterocycles. The third-order valence-corrected chi connectivity index (χ3v) is 3.25. The summed E-state index contributed by atoms with van der Waals surface area (Å²) in [6, 6.07) is 7.84. The first-order valence-corrected chi connectivity index (χ1v) is 7.18. The van der Waals surface area contributed by atoms with Crippen molar-refractivity contribution < 1.29 is 9.53 Å². The zero-order valence-corrected chi connectivity index (χ0v) is 13.2. The summed E-state index contributed by atoms with van der Waals surface area (Å²) in [5.74, 6) is 0. The number of carbonyl (C=O) groups excluding carboxylic acids is 1. The number of carbonyl (C=O) groups is 1. The third kappa shape index (κ3) is 3.00. The highest BCUT2D eigenvalue weighted by Gasteiger charge is 2.21. The summed E-state index contributed by atoms with van der Waals surface area (Å²) in [6.07, 6.45) is 1.50. The SMILES string of the molecule is CC(Br)c1cn(C(=O)OC(C)(C)C)c2ccccc12. The van der Waals surface area contributed by atoms with E-state index in [2.05, 4.69) is 15.9 Å². The molecule has 19 heavy (non-hydrogen) atoms. The fourth-order valence-electron chi connectivity index (χ4n) is 1.99. The Morgan fingerprint density at radius 3 is 2.53 bits per heavy atom. The topological polar surface area (TPSA) is 31.2 Å². The van der Waals surface area contributed by atoms with Crippen LogP contribution in [0.1, 0.15) is 38.1 Å². The number of hydrogen-bond acceptors (Lipinski definition) is 2. The molecule has 0 radical (unpaired) electrons. The van der Waals surface area contributed by atoms with Gasteiger partial charge in [-0.25, -0.2) is 4.79 Å². The van der Waals surface area contributed by atoms with Gasteiger partial charge in [0.2, 0.25) is 0 Å². The van der Waals surface area contributed by atoms with E-state index in [1.165, 1.54) is 0 Å². The lowest BCUT2D eigenvalue weighted by molar-refractivity contribution is 0.0544. The van der Waals surface area contributed by atoms with E-state index >= 15 is 0 Å². The van der Waals surface area contributed by atoms with Crippen molar-refractivity contribution in [1.82, 2.24) is 4.57 Å². The van der Waals surface area contributed by atoms with Gasteiger partial charge in [-0.3, -0.25) is 4.57 Å². The molecular weight excluding hydrogens is 306 g/mol. The van der Waals surface area contributed by atoms with Gasteiger partial charge in [0.25, 0.3) is 0 Å². The van der Waals surface area contributed by atoms with Gasteiger partial charge in [0.05, 0.1) is 5.52 Å². The second kappa shape index (κ2) is 5.00. The highest BCUT2D eigenvalue weighted by molar-refractivity contribution is 9.09. The van der Waals surface area contributed by atoms with Crippen LogP contribution in [0, 0.1) is 0 Å². The summed E-state index contributed by atoms with van der Waals surface area (Å²) >= 11 is 3.56. The van der Waals surface area contributed by atoms with Gasteiger partial charge in [-0.2, -0.15) is 0 Å². The summed E-state index contributed by atoms with van der Waals surface area (Å²) in [7, 11) is 0. The number of alkyl halides is 1. The first-order valence-electron chi connectivity index (χ1n) is 6.27. The summed E-state index contributed by atoms with van der Waals surface area (Å²) in [5, 5.41) is 1.07. The standard InChI is InChI=1S/C15H18BrNO2/c1-10(16)12-9-17(14(18)19-15(2,3)4)13-8-6-5-7-11(12)13/h5-10H,1-4H3. The molecule has 1 unspecified atom stereocenters. The molecular formula is C15H18BrNO2. The van der Waals surface area contributed by atoms with Crippen molar-refractivity contribution in [3.63, 3.8) is 0 Å². The van der Waals surface area contributed by atoms with Crippen molar-refractivity contribution in [2.24, 2.45) is 0 Å². The molecule has 102 valence electrons. The normalized spacial score (nSPS) is 13.5. The summed E-state index contributed by atoms with van der Waals surface area (Å²) in [5.41, 5.74) is 1.46. The minimum Gasteiger partial charge on any atom is -0.443 e. The second-order valence-corrected chi connectivity index (χ2v) is 6.94. The van der Waals surface area contributed by atoms with Crippen LogP contribution in [0.4, 0.5) is 4.79 Å². The maximum Gasteiger partial charge on any atom is 0.419 e. The van der Waals surface area contributed by atoms with Crippen LogP contribution in [0.3, 0.4) is 0 Å². The molecule has 0 aliphatic heterocycles. The fourth-order valence-corrected chi connectivity index (χ4v) is 2.35. The number of benzene rings is 1. The van der Waals surface area contributed by atoms with Crippen LogP contribution in [0.5, 0.6) is 0 Å². The Kier molecular flexibility index (Phi) is 3.72. The van der Waals surface area contributed by atoms with Crippen LogP contribution in [0.25, 0.3) is 10.9 Å². The van der Waals surface area contributed by atoms with Gasteiger partial charge in [-0.05, 0) is 39.3 Å². The van der Waals surface area contributed by atoms with E-state index in [1.807, 2.05) is 58.2 Å². The highest BCUT2D eigenvalue weighted by Crippen LogP contribution is 2.31. The van der Waals surface area contributed by atoms with Crippen molar-refractivity contribution in [2.45, 2.75) is 38.1 Å². The monoisotopic (exact) mass is 323 g/mol. The smallest absolute Gasteiger partial charge is 0.419 e. The molecule has 0 fully saturated rings. The van der Waals surface area contributed by atoms with Crippen molar-refractivity contribution in [1.29, 1.82) is 0 Å². The maximum absolute atomic E-state index is 12.2. The van der Waals surface area contributed by atoms with E-state index in [4.69, 9.17) is 4.74 Å². The molecule has 0 amide bonds. The summed E-state index contributed by atoms with van der Waals surface area (Å²) in [4.78, 5) is 12.4. The van der Waals surface area contributed by atoms with Gasteiger partial charge in [0.1, 0.15) is 5.60 Å². The Labute approximate surface area is 121 Å². The number of ether oxygens (including phenoxy) is 1. The number of para-hydroxylation sites is 1. The molecule has 0 bridgehead atoms. The largest absolute Gasteiger partial charge is 0.443 e. The Bertz CT molecular complexity index is 608. The molecule has 0 aliphatic carbocycles. The molecule has 1 aromatic carbocycles. The fraction of sp³-hybridized carbons (Fsp3) is 0.400. The molecule has 2 aromatic rings. The number of aromatic nitrogens is 1. The summed E-state index contributed by atoms with van der Waals surface area (Å²) < 4.78 is 7.01. The maximum atomic E-state index is 12.2. The lowest BCUT2D eigenvalue weighted by Gasteiger charge is -2.19. The van der Waals surface area contributed by atoms with Gasteiger partial charge in [0, 0.05) is 16.4 Å². The molecule has 0 N–H and O–H groups in total. The van der Waals surface area contributed by atoms with Gasteiger partial charge in [-0.15, -0.1) is 0 Å². The van der Waals surface area contributed by atoms with Crippen molar-refractivity contribution >= 4 is 32.9 Å². The zero-order valence-electron chi connectivity index (χ0n) is 11.6. The Morgan fingerprint density at radius 1 is 1.32 bits per heavy atom. The van der Waals surface area contributed by atoms with Gasteiger partial charge < -0.3 is 4.74 Å². The van der Waals surface area contributed by atoms with Crippen LogP contribution in [-0.2, 0) is 4.74 Å². The first kappa shape index (κ1) is 14.1. The minimum absolute atomic E-state index is 0.182. The number of nitrogens with zero attached hydrogens (tertiary/aromatic N) is 1. The second-order valence-electron chi connectivity index (χ2n) is 5.57. The van der Waals surface area contributed by atoms with E-state index in [1.54, 1.807) is 4.57 Å². The van der Waals surface area contributed by atoms with Crippen LogP contribution in [-0.4, -0.2) is 16.3 Å². The third-order valence-electron chi connectivity index (χ3n) is 2.76. The minimum atomic E-state index is -0.497. The van der Waals surface area contributed by atoms with E-state index in [9.17, 15) is 4.79 Å². The number of hydrogen-bond donors (Lipinski definition) is 0. The van der Waals surface area contributed by atoms with E-state index in [-0.39, 0.29) is 10.9 Å². The van der Waals surface area contributed by atoms with Crippen molar-refractivity contribution in [3.8, 4) is 0 Å². The van der Waals surface area contributed by atoms with Crippen molar-refractivity contribution in [2.75, 3.05) is 0 Å². The van der Waals surface area contributed by atoms with Crippen LogP contribution < -0.4 is 0 Å². The van der Waals surface area contributed by atoms with Crippen LogP contribution in [0.2, 0.25) is 0 Å². The van der Waals surface area contributed by atoms with Crippen molar-refractivity contribution in [3.05, 3.63) is 36.0 Å². The van der Waals surface area contributed by atoms with Crippen LogP contribution >= 0.6 is 15.9 Å². The number of rotatable bonds is 1. The zero-order chi connectivity index (χ0) is 14.2. The molecule has 4 heteroatoms. The Hall–Kier alpha value is -1.29. The molecule has 1 atom stereocenters. The lowest BCUT2D eigenvalue weighted by atomic mass is 10.1. The Balaban J connectivity index is 2.52. The molecule has 3 nitrogen and oxygen atoms in total. The lowest BCUT2D eigenvalue weighted by Crippen LogP contribution is -2.26. The van der Waals surface area contributed by atoms with E-state index in [0.29, 0.717) is 0 Å². The van der Waals surface area contributed by atoms with E-state index < -0.39 is 5.60 Å². The first-order chi connectivity index (χ1) is 8.79. The van der Waals surface area contributed by atoms with Gasteiger partial charge in [0.15, 0.2) is 0 Å². The van der Waals surface area contributed by atoms with Crippen LogP contribution in [0.15, 0.2) is 30.5 Å². The number of fused-ring (bicyclic) bond motifs is 1. The summed E-state index contributed by atoms with van der Waals surface area (Å²) in [6.45, 7) is 7.64. The molecule has 0 spiro atoms. The van der Waals surface area contributed by atoms with Gasteiger partial charge >= 0.3 is 6.09 Å². The average Bonchev–Trinajstić information content (AvgIpc) is 2.66. The van der Waals surface area contributed by atoms with Gasteiger partial charge in [-0.1, -0.05) is 34.1 Å². The predicted octanol–water partition coefficient (Wildman–Crippen LogP) is 4.88. The Morgan fingerprint density at radius 2 is 1.95 bits per heavy atom. The molecule has 0 saturated heterocycles. The molecule has 2 rings (SSSR count). The van der Waals surface area contributed by atoms with E-state index in [0.717, 1.165) is 16.5 Å². The predicted molar refractivity (Wildman–Crippen MR) is 80.9 cm³/mol. The average molecular weight is 324 g/mol.